The zero-order valence-corrected chi connectivity index (χ0v) is 22.6. The molecule has 2 aromatic heterocycles. The lowest BCUT2D eigenvalue weighted by Crippen LogP contribution is -2.73. The molecule has 2 fully saturated rings. The first-order valence-electron chi connectivity index (χ1n) is 11.8. The number of rotatable bonds is 13. The highest BCUT2D eigenvalue weighted by Gasteiger charge is 2.56. The van der Waals surface area contributed by atoms with E-state index in [1.54, 1.807) is 0 Å². The predicted molar refractivity (Wildman–Crippen MR) is 137 cm³/mol. The number of anilines is 1. The Morgan fingerprint density at radius 2 is 2.02 bits per heavy atom. The van der Waals surface area contributed by atoms with E-state index < -0.39 is 64.1 Å². The Kier molecular flexibility index (Phi) is 8.37. The molecule has 9 N–H and O–H groups in total. The van der Waals surface area contributed by atoms with E-state index in [-0.39, 0.29) is 53.3 Å². The van der Waals surface area contributed by atoms with Crippen LogP contribution in [0.25, 0.3) is 0 Å². The summed E-state index contributed by atoms with van der Waals surface area (Å²) in [6, 6.07) is -3.39. The monoisotopic (exact) mass is 615 g/mol. The zero-order valence-electron chi connectivity index (χ0n) is 21.0. The molecule has 2 unspecified atom stereocenters. The van der Waals surface area contributed by atoms with Gasteiger partial charge in [-0.25, -0.2) is 18.9 Å². The first-order valence-corrected chi connectivity index (χ1v) is 14.1. The first-order chi connectivity index (χ1) is 19.3. The molecule has 1 aliphatic carbocycles. The molecule has 222 valence electrons. The fourth-order valence-corrected chi connectivity index (χ4v) is 5.05. The number of hydrogen-bond donors (Lipinski definition) is 7. The third kappa shape index (κ3) is 6.67. The summed E-state index contributed by atoms with van der Waals surface area (Å²) >= 11 is 0.953. The van der Waals surface area contributed by atoms with Crippen LogP contribution in [-0.4, -0.2) is 103 Å². The summed E-state index contributed by atoms with van der Waals surface area (Å²) in [4.78, 5) is 59.0. The second-order valence-electron chi connectivity index (χ2n) is 8.82. The number of nitrogens with zero attached hydrogens (tertiary/aromatic N) is 6. The number of urea groups is 1. The first kappa shape index (κ1) is 29.6. The number of nitrogens with one attached hydrogen (secondary N) is 3. The quantitative estimate of drug-likeness (QED) is 0.0500. The van der Waals surface area contributed by atoms with Crippen LogP contribution in [0.3, 0.4) is 0 Å². The van der Waals surface area contributed by atoms with Crippen LogP contribution in [0.5, 0.6) is 0 Å². The third-order valence-electron chi connectivity index (χ3n) is 5.88. The lowest BCUT2D eigenvalue weighted by molar-refractivity contribution is -0.153. The molecule has 41 heavy (non-hydrogen) atoms. The highest BCUT2D eigenvalue weighted by molar-refractivity contribution is 7.84. The Bertz CT molecular complexity index is 1480. The average Bonchev–Trinajstić information content (AvgIpc) is 3.37. The highest BCUT2D eigenvalue weighted by atomic mass is 32.2. The Morgan fingerprint density at radius 1 is 1.29 bits per heavy atom. The van der Waals surface area contributed by atoms with E-state index >= 15 is 0 Å². The summed E-state index contributed by atoms with van der Waals surface area (Å²) < 4.78 is 33.5. The Labute approximate surface area is 234 Å². The van der Waals surface area contributed by atoms with E-state index in [0.717, 1.165) is 16.1 Å². The molecule has 2 atom stereocenters. The van der Waals surface area contributed by atoms with Crippen molar-refractivity contribution in [3.05, 3.63) is 23.0 Å². The van der Waals surface area contributed by atoms with E-state index in [0.29, 0.717) is 0 Å². The molecule has 2 aliphatic rings. The van der Waals surface area contributed by atoms with Crippen molar-refractivity contribution in [3.63, 3.8) is 0 Å². The van der Waals surface area contributed by atoms with Gasteiger partial charge in [0.05, 0.1) is 19.3 Å². The predicted octanol–water partition coefficient (Wildman–Crippen LogP) is -3.39. The van der Waals surface area contributed by atoms with Crippen molar-refractivity contribution in [3.8, 4) is 0 Å². The number of nitrogens with two attached hydrogens (primary N) is 2. The number of nitrogen functional groups attached to an aromatic ring is 1. The van der Waals surface area contributed by atoms with Crippen LogP contribution in [-0.2, 0) is 42.6 Å². The topological polar surface area (TPSA) is 299 Å². The minimum atomic E-state index is -5.04. The van der Waals surface area contributed by atoms with Gasteiger partial charge in [0.15, 0.2) is 10.8 Å². The average molecular weight is 616 g/mol. The molecule has 0 spiro atoms. The largest absolute Gasteiger partial charge is 0.478 e. The van der Waals surface area contributed by atoms with Crippen LogP contribution < -0.4 is 27.4 Å². The number of hydrogen-bond acceptors (Lipinski definition) is 14. The van der Waals surface area contributed by atoms with Gasteiger partial charge in [0.25, 0.3) is 11.8 Å². The van der Waals surface area contributed by atoms with Crippen molar-refractivity contribution in [2.24, 2.45) is 10.9 Å². The summed E-state index contributed by atoms with van der Waals surface area (Å²) in [7, 11) is -5.04. The van der Waals surface area contributed by atoms with E-state index in [1.165, 1.54) is 11.6 Å². The SMILES string of the molecule is NCCNC(=O)NCc1cnn(CC2C(NC(=O)C(=NOC3(C(=O)O)CC3)c3csc(N)n3)C(=O)N2S(=O)(=O)O)n1. The van der Waals surface area contributed by atoms with Gasteiger partial charge in [-0.2, -0.15) is 23.4 Å². The molecule has 0 bridgehead atoms. The Balaban J connectivity index is 1.50. The molecule has 20 nitrogen and oxygen atoms in total. The van der Waals surface area contributed by atoms with Gasteiger partial charge >= 0.3 is 22.3 Å². The van der Waals surface area contributed by atoms with Gasteiger partial charge in [-0.1, -0.05) is 5.16 Å². The molecule has 0 aromatic carbocycles. The number of carboxylic acid groups (broad SMARTS) is 1. The van der Waals surface area contributed by atoms with Crippen LogP contribution in [0.15, 0.2) is 16.7 Å². The number of carbonyl (C=O) groups excluding carboxylic acids is 3. The third-order valence-corrected chi connectivity index (χ3v) is 7.51. The second-order valence-corrected chi connectivity index (χ2v) is 11.0. The van der Waals surface area contributed by atoms with Crippen LogP contribution in [0.4, 0.5) is 9.93 Å². The minimum Gasteiger partial charge on any atom is -0.478 e. The molecule has 4 amide bonds. The summed E-state index contributed by atoms with van der Waals surface area (Å²) in [5.74, 6) is -3.51. The van der Waals surface area contributed by atoms with E-state index in [9.17, 15) is 37.3 Å². The van der Waals surface area contributed by atoms with E-state index in [4.69, 9.17) is 16.3 Å². The van der Waals surface area contributed by atoms with Crippen molar-refractivity contribution in [1.29, 1.82) is 0 Å². The molecule has 3 heterocycles. The second kappa shape index (κ2) is 11.6. The van der Waals surface area contributed by atoms with Gasteiger partial charge in [0, 0.05) is 31.3 Å². The van der Waals surface area contributed by atoms with Crippen molar-refractivity contribution in [2.45, 2.75) is 43.6 Å². The van der Waals surface area contributed by atoms with Gasteiger partial charge in [-0.05, 0) is 0 Å². The number of β-lactam (4-membered cyclic amide) rings is 1. The van der Waals surface area contributed by atoms with Crippen molar-refractivity contribution >= 4 is 56.3 Å². The number of carbonyl (C=O) groups is 4. The lowest BCUT2D eigenvalue weighted by atomic mass is 9.98. The van der Waals surface area contributed by atoms with E-state index in [1.807, 2.05) is 0 Å². The number of carboxylic acids is 1. The number of thiazole rings is 1. The van der Waals surface area contributed by atoms with Gasteiger partial charge in [-0.3, -0.25) is 14.1 Å². The number of oxime groups is 1. The molecule has 2 aromatic rings. The molecule has 4 rings (SSSR count). The van der Waals surface area contributed by atoms with Crippen LogP contribution >= 0.6 is 11.3 Å². The van der Waals surface area contributed by atoms with Crippen LogP contribution in [0.1, 0.15) is 24.2 Å². The maximum Gasteiger partial charge on any atom is 0.362 e. The molecule has 0 radical (unpaired) electrons. The van der Waals surface area contributed by atoms with Gasteiger partial charge in [0.1, 0.15) is 23.5 Å². The number of amides is 4. The number of aliphatic carboxylic acids is 1. The summed E-state index contributed by atoms with van der Waals surface area (Å²) in [5.41, 5.74) is 9.03. The smallest absolute Gasteiger partial charge is 0.362 e. The van der Waals surface area contributed by atoms with Crippen LogP contribution in [0.2, 0.25) is 0 Å². The molecule has 22 heteroatoms. The normalized spacial score (nSPS) is 19.7. The van der Waals surface area contributed by atoms with Crippen molar-refractivity contribution in [2.75, 3.05) is 18.8 Å². The maximum absolute atomic E-state index is 13.2. The standard InChI is InChI=1S/C19H25N11O9S2/c20-3-4-22-18(35)23-5-9-6-24-29(27-9)7-11-13(15(32)30(11)41(36,37)38)26-14(31)12(10-8-40-17(21)25-10)28-39-19(1-2-19)16(33)34/h6,8,11,13H,1-5,7,20H2,(H2,21,25)(H,26,31)(H,33,34)(H2,22,23,35)(H,36,37,38). The van der Waals surface area contributed by atoms with Crippen molar-refractivity contribution < 1.29 is 42.1 Å². The zero-order chi connectivity index (χ0) is 29.9. The van der Waals surface area contributed by atoms with Gasteiger partial charge in [-0.15, -0.1) is 11.3 Å². The minimum absolute atomic E-state index is 0.0450. The Morgan fingerprint density at radius 3 is 2.61 bits per heavy atom. The molecule has 1 aliphatic heterocycles. The lowest BCUT2D eigenvalue weighted by Gasteiger charge is -2.43. The fraction of sp³-hybridized carbons (Fsp3) is 0.474. The highest BCUT2D eigenvalue weighted by Crippen LogP contribution is 2.40. The summed E-state index contributed by atoms with van der Waals surface area (Å²) in [6.45, 7) is 0.0514. The van der Waals surface area contributed by atoms with Crippen molar-refractivity contribution in [1.82, 2.24) is 40.2 Å². The molecular weight excluding hydrogens is 590 g/mol. The molecular formula is C19H25N11O9S2. The molecule has 1 saturated heterocycles. The fourth-order valence-electron chi connectivity index (χ4n) is 3.63. The maximum atomic E-state index is 13.2. The summed E-state index contributed by atoms with van der Waals surface area (Å²) in [6.07, 6.45) is 1.58. The van der Waals surface area contributed by atoms with Gasteiger partial charge < -0.3 is 37.4 Å². The van der Waals surface area contributed by atoms with Gasteiger partial charge in [0.2, 0.25) is 5.60 Å². The Hall–Kier alpha value is -4.41. The van der Waals surface area contributed by atoms with Crippen LogP contribution in [0, 0.1) is 0 Å². The van der Waals surface area contributed by atoms with E-state index in [2.05, 4.69) is 36.3 Å². The summed E-state index contributed by atoms with van der Waals surface area (Å²) in [5, 5.41) is 29.8. The molecule has 1 saturated carbocycles. The number of aromatic nitrogens is 4.